The van der Waals surface area contributed by atoms with E-state index in [9.17, 15) is 4.79 Å². The van der Waals surface area contributed by atoms with Crippen LogP contribution in [-0.2, 0) is 16.0 Å². The molecule has 2 nitrogen and oxygen atoms in total. The molecule has 2 aliphatic carbocycles. The summed E-state index contributed by atoms with van der Waals surface area (Å²) in [5.41, 5.74) is 1.05. The number of benzene rings is 1. The summed E-state index contributed by atoms with van der Waals surface area (Å²) in [4.78, 5) is 12.9. The summed E-state index contributed by atoms with van der Waals surface area (Å²) < 4.78 is 5.82. The van der Waals surface area contributed by atoms with Crippen LogP contribution in [0.15, 0.2) is 30.3 Å². The topological polar surface area (TPSA) is 26.3 Å². The van der Waals surface area contributed by atoms with E-state index in [1.54, 1.807) is 0 Å². The van der Waals surface area contributed by atoms with Gasteiger partial charge in [0, 0.05) is 0 Å². The smallest absolute Gasteiger partial charge is 0.316 e. The molecule has 3 fully saturated rings. The minimum atomic E-state index is -0.252. The molecule has 1 heterocycles. The van der Waals surface area contributed by atoms with E-state index in [1.807, 2.05) is 0 Å². The van der Waals surface area contributed by atoms with Crippen molar-refractivity contribution in [1.82, 2.24) is 0 Å². The first-order valence-corrected chi connectivity index (χ1v) is 11.5. The van der Waals surface area contributed by atoms with Gasteiger partial charge >= 0.3 is 5.97 Å². The van der Waals surface area contributed by atoms with Crippen LogP contribution < -0.4 is 0 Å². The Morgan fingerprint density at radius 2 is 1.44 bits per heavy atom. The average Bonchev–Trinajstić information content (AvgIpc) is 2.73. The first-order valence-electron chi connectivity index (χ1n) is 11.5. The van der Waals surface area contributed by atoms with Crippen molar-refractivity contribution >= 4 is 5.97 Å². The van der Waals surface area contributed by atoms with Crippen LogP contribution in [-0.4, -0.2) is 12.1 Å². The van der Waals surface area contributed by atoms with Crippen molar-refractivity contribution in [3.63, 3.8) is 0 Å². The van der Waals surface area contributed by atoms with Crippen molar-refractivity contribution in [2.75, 3.05) is 0 Å². The molecule has 1 saturated heterocycles. The molecule has 2 atom stereocenters. The third-order valence-corrected chi connectivity index (χ3v) is 7.57. The minimum absolute atomic E-state index is 0.0885. The van der Waals surface area contributed by atoms with E-state index in [0.717, 1.165) is 25.2 Å². The van der Waals surface area contributed by atoms with Gasteiger partial charge in [-0.05, 0) is 43.1 Å². The second-order valence-electron chi connectivity index (χ2n) is 9.50. The molecule has 2 heteroatoms. The van der Waals surface area contributed by atoms with E-state index in [2.05, 4.69) is 30.3 Å². The number of carbonyl (C=O) groups is 1. The predicted octanol–water partition coefficient (Wildman–Crippen LogP) is 6.47. The molecule has 148 valence electrons. The molecular formula is C25H36O2. The van der Waals surface area contributed by atoms with Crippen molar-refractivity contribution in [1.29, 1.82) is 0 Å². The molecule has 0 N–H and O–H groups in total. The number of rotatable bonds is 7. The highest BCUT2D eigenvalue weighted by molar-refractivity contribution is 5.83. The number of hydrogen-bond donors (Lipinski definition) is 0. The predicted molar refractivity (Wildman–Crippen MR) is 109 cm³/mol. The maximum atomic E-state index is 12.9. The fraction of sp³-hybridized carbons (Fsp3) is 0.720. The van der Waals surface area contributed by atoms with Gasteiger partial charge in [0.15, 0.2) is 0 Å². The Kier molecular flexibility index (Phi) is 6.20. The van der Waals surface area contributed by atoms with Gasteiger partial charge in [-0.1, -0.05) is 94.5 Å². The zero-order valence-corrected chi connectivity index (χ0v) is 16.8. The largest absolute Gasteiger partial charge is 0.461 e. The van der Waals surface area contributed by atoms with Gasteiger partial charge in [0.25, 0.3) is 0 Å². The third kappa shape index (κ3) is 4.41. The molecule has 1 aliphatic heterocycles. The highest BCUT2D eigenvalue weighted by atomic mass is 16.6. The van der Waals surface area contributed by atoms with E-state index in [4.69, 9.17) is 4.74 Å². The van der Waals surface area contributed by atoms with Gasteiger partial charge in [0.05, 0.1) is 0 Å². The quantitative estimate of drug-likeness (QED) is 0.515. The Balaban J connectivity index is 1.46. The Bertz CT molecular complexity index is 598. The van der Waals surface area contributed by atoms with Crippen LogP contribution in [0.4, 0.5) is 0 Å². The zero-order chi connectivity index (χ0) is 18.5. The summed E-state index contributed by atoms with van der Waals surface area (Å²) >= 11 is 0. The lowest BCUT2D eigenvalue weighted by molar-refractivity contribution is -0.212. The lowest BCUT2D eigenvalue weighted by atomic mass is 9.64. The summed E-state index contributed by atoms with van der Waals surface area (Å²) in [6.45, 7) is 0. The number of esters is 1. The first-order chi connectivity index (χ1) is 13.3. The Morgan fingerprint density at radius 1 is 0.815 bits per heavy atom. The fourth-order valence-corrected chi connectivity index (χ4v) is 5.97. The number of cyclic esters (lactones) is 1. The second-order valence-corrected chi connectivity index (χ2v) is 9.50. The molecule has 0 amide bonds. The first kappa shape index (κ1) is 19.0. The molecular weight excluding hydrogens is 332 g/mol. The van der Waals surface area contributed by atoms with Crippen LogP contribution in [0.25, 0.3) is 0 Å². The zero-order valence-electron chi connectivity index (χ0n) is 16.8. The number of hydrogen-bond acceptors (Lipinski definition) is 2. The highest BCUT2D eigenvalue weighted by Crippen LogP contribution is 2.49. The fourth-order valence-electron chi connectivity index (χ4n) is 5.97. The van der Waals surface area contributed by atoms with Crippen molar-refractivity contribution < 1.29 is 9.53 Å². The summed E-state index contributed by atoms with van der Waals surface area (Å²) in [5, 5.41) is 0. The number of ether oxygens (including phenoxy) is 1. The van der Waals surface area contributed by atoms with Crippen LogP contribution in [0.1, 0.15) is 89.0 Å². The van der Waals surface area contributed by atoms with E-state index in [0.29, 0.717) is 5.92 Å². The lowest BCUT2D eigenvalue weighted by Crippen LogP contribution is -2.58. The van der Waals surface area contributed by atoms with Gasteiger partial charge in [0.1, 0.15) is 11.5 Å². The van der Waals surface area contributed by atoms with Crippen LogP contribution in [0, 0.1) is 17.3 Å². The standard InChI is InChI=1S/C25H36O2/c26-24-25(18-21-12-6-2-7-13-21,19-22-14-8-3-9-15-22)23(27-24)17-16-20-10-4-1-5-11-20/h2,6-7,12-13,20,22-23H,1,3-5,8-11,14-19H2/t23?,25-/m0/s1. The van der Waals surface area contributed by atoms with E-state index >= 15 is 0 Å². The van der Waals surface area contributed by atoms with Gasteiger partial charge in [-0.15, -0.1) is 0 Å². The molecule has 1 unspecified atom stereocenters. The minimum Gasteiger partial charge on any atom is -0.461 e. The number of carbonyl (C=O) groups excluding carboxylic acids is 1. The maximum Gasteiger partial charge on any atom is 0.316 e. The Hall–Kier alpha value is -1.31. The van der Waals surface area contributed by atoms with Gasteiger partial charge in [-0.25, -0.2) is 0 Å². The third-order valence-electron chi connectivity index (χ3n) is 7.57. The molecule has 2 saturated carbocycles. The highest BCUT2D eigenvalue weighted by Gasteiger charge is 2.57. The van der Waals surface area contributed by atoms with E-state index < -0.39 is 0 Å². The SMILES string of the molecule is O=C1OC(CCC2CCCCC2)[C@]1(Cc1ccccc1)CC1CCCCC1. The second kappa shape index (κ2) is 8.80. The molecule has 1 aromatic carbocycles. The summed E-state index contributed by atoms with van der Waals surface area (Å²) in [6.07, 6.45) is 18.0. The molecule has 0 bridgehead atoms. The van der Waals surface area contributed by atoms with Crippen LogP contribution >= 0.6 is 0 Å². The van der Waals surface area contributed by atoms with Gasteiger partial charge in [-0.2, -0.15) is 0 Å². The van der Waals surface area contributed by atoms with E-state index in [1.165, 1.54) is 76.2 Å². The summed E-state index contributed by atoms with van der Waals surface area (Å²) in [7, 11) is 0. The lowest BCUT2D eigenvalue weighted by Gasteiger charge is -2.49. The molecule has 0 aromatic heterocycles. The van der Waals surface area contributed by atoms with Crippen molar-refractivity contribution in [3.8, 4) is 0 Å². The Morgan fingerprint density at radius 3 is 2.07 bits per heavy atom. The van der Waals surface area contributed by atoms with E-state index in [-0.39, 0.29) is 17.5 Å². The maximum absolute atomic E-state index is 12.9. The van der Waals surface area contributed by atoms with Crippen LogP contribution in [0.2, 0.25) is 0 Å². The average molecular weight is 369 g/mol. The molecule has 3 aliphatic rings. The summed E-state index contributed by atoms with van der Waals surface area (Å²) in [5.74, 6) is 1.67. The molecule has 0 spiro atoms. The summed E-state index contributed by atoms with van der Waals surface area (Å²) in [6, 6.07) is 10.6. The van der Waals surface area contributed by atoms with Gasteiger partial charge in [0.2, 0.25) is 0 Å². The molecule has 0 radical (unpaired) electrons. The van der Waals surface area contributed by atoms with Crippen molar-refractivity contribution in [2.24, 2.45) is 17.3 Å². The molecule has 1 aromatic rings. The van der Waals surface area contributed by atoms with Crippen LogP contribution in [0.3, 0.4) is 0 Å². The van der Waals surface area contributed by atoms with Crippen LogP contribution in [0.5, 0.6) is 0 Å². The monoisotopic (exact) mass is 368 g/mol. The Labute approximate surface area is 165 Å². The normalized spacial score (nSPS) is 29.9. The molecule has 4 rings (SSSR count). The van der Waals surface area contributed by atoms with Gasteiger partial charge in [-0.3, -0.25) is 4.79 Å². The van der Waals surface area contributed by atoms with Crippen molar-refractivity contribution in [3.05, 3.63) is 35.9 Å². The molecule has 27 heavy (non-hydrogen) atoms. The van der Waals surface area contributed by atoms with Crippen molar-refractivity contribution in [2.45, 2.75) is 96.0 Å². The van der Waals surface area contributed by atoms with Gasteiger partial charge < -0.3 is 4.74 Å².